The van der Waals surface area contributed by atoms with Crippen LogP contribution >= 0.6 is 0 Å². The van der Waals surface area contributed by atoms with Crippen LogP contribution in [0.1, 0.15) is 29.3 Å². The minimum Gasteiger partial charge on any atom is -0.298 e. The minimum atomic E-state index is 0.451. The molecule has 0 spiro atoms. The lowest BCUT2D eigenvalue weighted by molar-refractivity contribution is 0.325. The van der Waals surface area contributed by atoms with Crippen molar-refractivity contribution in [1.82, 2.24) is 19.9 Å². The third kappa shape index (κ3) is 3.08. The van der Waals surface area contributed by atoms with Crippen molar-refractivity contribution in [2.45, 2.75) is 25.8 Å². The van der Waals surface area contributed by atoms with Crippen LogP contribution in [0.3, 0.4) is 0 Å². The van der Waals surface area contributed by atoms with Crippen molar-refractivity contribution in [2.24, 2.45) is 0 Å². The van der Waals surface area contributed by atoms with Gasteiger partial charge in [0.2, 0.25) is 0 Å². The molecule has 0 radical (unpaired) electrons. The Bertz CT molecular complexity index is 816. The molecular weight excluding hydrogens is 284 g/mol. The van der Waals surface area contributed by atoms with Crippen LogP contribution in [0.15, 0.2) is 48.9 Å². The van der Waals surface area contributed by atoms with Gasteiger partial charge < -0.3 is 0 Å². The zero-order valence-corrected chi connectivity index (χ0v) is 13.3. The molecular formula is C19H20N4. The van der Waals surface area contributed by atoms with Crippen molar-refractivity contribution >= 4 is 10.9 Å². The van der Waals surface area contributed by atoms with Gasteiger partial charge in [-0.2, -0.15) is 0 Å². The van der Waals surface area contributed by atoms with Crippen LogP contribution in [0.4, 0.5) is 0 Å². The summed E-state index contributed by atoms with van der Waals surface area (Å²) in [5.74, 6) is 1.43. The smallest absolute Gasteiger partial charge is 0.132 e. The normalized spacial score (nSPS) is 18.6. The van der Waals surface area contributed by atoms with Crippen LogP contribution in [0, 0.1) is 6.92 Å². The Morgan fingerprint density at radius 2 is 2.00 bits per heavy atom. The van der Waals surface area contributed by atoms with E-state index in [0.29, 0.717) is 5.92 Å². The molecule has 3 aromatic rings. The molecule has 1 unspecified atom stereocenters. The summed E-state index contributed by atoms with van der Waals surface area (Å²) >= 11 is 0. The monoisotopic (exact) mass is 304 g/mol. The summed E-state index contributed by atoms with van der Waals surface area (Å²) in [6.45, 7) is 5.18. The van der Waals surface area contributed by atoms with E-state index in [1.54, 1.807) is 0 Å². The Morgan fingerprint density at radius 3 is 2.87 bits per heavy atom. The highest BCUT2D eigenvalue weighted by Crippen LogP contribution is 2.26. The SMILES string of the molecule is Cc1ccc2ncc(CN3CCC(c4ncccn4)C3)cc2c1. The first-order valence-corrected chi connectivity index (χ1v) is 8.12. The van der Waals surface area contributed by atoms with E-state index in [2.05, 4.69) is 51.0 Å². The number of likely N-dealkylation sites (tertiary alicyclic amines) is 1. The second-order valence-electron chi connectivity index (χ2n) is 6.37. The number of rotatable bonds is 3. The second-order valence-corrected chi connectivity index (χ2v) is 6.37. The number of hydrogen-bond acceptors (Lipinski definition) is 4. The summed E-state index contributed by atoms with van der Waals surface area (Å²) in [6, 6.07) is 10.5. The Kier molecular flexibility index (Phi) is 3.75. The quantitative estimate of drug-likeness (QED) is 0.744. The molecule has 0 aliphatic carbocycles. The third-order valence-electron chi connectivity index (χ3n) is 4.52. The topological polar surface area (TPSA) is 41.9 Å². The summed E-state index contributed by atoms with van der Waals surface area (Å²) in [7, 11) is 0. The summed E-state index contributed by atoms with van der Waals surface area (Å²) in [4.78, 5) is 15.9. The van der Waals surface area contributed by atoms with E-state index in [1.165, 1.54) is 16.5 Å². The van der Waals surface area contributed by atoms with Crippen molar-refractivity contribution in [3.8, 4) is 0 Å². The summed E-state index contributed by atoms with van der Waals surface area (Å²) in [6.07, 6.45) is 6.80. The molecule has 1 aliphatic rings. The van der Waals surface area contributed by atoms with E-state index < -0.39 is 0 Å². The van der Waals surface area contributed by atoms with E-state index >= 15 is 0 Å². The van der Waals surface area contributed by atoms with Crippen LogP contribution < -0.4 is 0 Å². The van der Waals surface area contributed by atoms with E-state index in [4.69, 9.17) is 0 Å². The van der Waals surface area contributed by atoms with Gasteiger partial charge in [0.25, 0.3) is 0 Å². The number of fused-ring (bicyclic) bond motifs is 1. The van der Waals surface area contributed by atoms with Crippen LogP contribution in [0.2, 0.25) is 0 Å². The maximum absolute atomic E-state index is 4.59. The average Bonchev–Trinajstić information content (AvgIpc) is 3.04. The number of nitrogens with zero attached hydrogens (tertiary/aromatic N) is 4. The largest absolute Gasteiger partial charge is 0.298 e. The molecule has 1 aromatic carbocycles. The van der Waals surface area contributed by atoms with Gasteiger partial charge >= 0.3 is 0 Å². The van der Waals surface area contributed by atoms with Crippen molar-refractivity contribution in [1.29, 1.82) is 0 Å². The molecule has 1 fully saturated rings. The lowest BCUT2D eigenvalue weighted by Crippen LogP contribution is -2.20. The standard InChI is InChI=1S/C19H20N4/c1-14-3-4-18-17(9-14)10-15(11-22-18)12-23-8-5-16(13-23)19-20-6-2-7-21-19/h2-4,6-7,9-11,16H,5,8,12-13H2,1H3. The third-order valence-corrected chi connectivity index (χ3v) is 4.52. The molecule has 1 atom stereocenters. The van der Waals surface area contributed by atoms with Gasteiger partial charge in [-0.15, -0.1) is 0 Å². The van der Waals surface area contributed by atoms with Crippen LogP contribution in [0.25, 0.3) is 10.9 Å². The Hall–Kier alpha value is -2.33. The van der Waals surface area contributed by atoms with E-state index in [0.717, 1.165) is 37.4 Å². The first-order chi connectivity index (χ1) is 11.3. The second kappa shape index (κ2) is 6.05. The molecule has 0 saturated carbocycles. The Labute approximate surface area is 136 Å². The maximum Gasteiger partial charge on any atom is 0.132 e. The molecule has 2 aromatic heterocycles. The molecule has 4 rings (SSSR count). The minimum absolute atomic E-state index is 0.451. The number of benzene rings is 1. The molecule has 4 nitrogen and oxygen atoms in total. The highest BCUT2D eigenvalue weighted by molar-refractivity contribution is 5.79. The zero-order chi connectivity index (χ0) is 15.6. The summed E-state index contributed by atoms with van der Waals surface area (Å²) < 4.78 is 0. The van der Waals surface area contributed by atoms with Gasteiger partial charge in [-0.25, -0.2) is 9.97 Å². The maximum atomic E-state index is 4.59. The molecule has 1 aliphatic heterocycles. The van der Waals surface area contributed by atoms with Crippen LogP contribution in [-0.4, -0.2) is 32.9 Å². The van der Waals surface area contributed by atoms with Gasteiger partial charge in [-0.05, 0) is 49.7 Å². The van der Waals surface area contributed by atoms with E-state index in [9.17, 15) is 0 Å². The highest BCUT2D eigenvalue weighted by Gasteiger charge is 2.25. The highest BCUT2D eigenvalue weighted by atomic mass is 15.2. The predicted octanol–water partition coefficient (Wildman–Crippen LogP) is 3.32. The number of hydrogen-bond donors (Lipinski definition) is 0. The number of aromatic nitrogens is 3. The first-order valence-electron chi connectivity index (χ1n) is 8.12. The van der Waals surface area contributed by atoms with Crippen molar-refractivity contribution in [3.63, 3.8) is 0 Å². The fourth-order valence-electron chi connectivity index (χ4n) is 3.35. The number of aryl methyl sites for hydroxylation is 1. The fourth-order valence-corrected chi connectivity index (χ4v) is 3.35. The van der Waals surface area contributed by atoms with Crippen molar-refractivity contribution in [3.05, 3.63) is 65.9 Å². The number of pyridine rings is 1. The Morgan fingerprint density at radius 1 is 1.13 bits per heavy atom. The Balaban J connectivity index is 1.48. The van der Waals surface area contributed by atoms with Gasteiger partial charge in [-0.3, -0.25) is 9.88 Å². The molecule has 0 bridgehead atoms. The van der Waals surface area contributed by atoms with Gasteiger partial charge in [0, 0.05) is 43.0 Å². The molecule has 0 amide bonds. The average molecular weight is 304 g/mol. The molecule has 1 saturated heterocycles. The van der Waals surface area contributed by atoms with Gasteiger partial charge in [0.05, 0.1) is 5.52 Å². The van der Waals surface area contributed by atoms with Gasteiger partial charge in [0.1, 0.15) is 5.82 Å². The van der Waals surface area contributed by atoms with Crippen molar-refractivity contribution in [2.75, 3.05) is 13.1 Å². The summed E-state index contributed by atoms with van der Waals surface area (Å²) in [5.41, 5.74) is 3.62. The van der Waals surface area contributed by atoms with Crippen molar-refractivity contribution < 1.29 is 0 Å². The predicted molar refractivity (Wildman–Crippen MR) is 91.1 cm³/mol. The van der Waals surface area contributed by atoms with Crippen LogP contribution in [0.5, 0.6) is 0 Å². The van der Waals surface area contributed by atoms with Gasteiger partial charge in [-0.1, -0.05) is 11.6 Å². The molecule has 0 N–H and O–H groups in total. The van der Waals surface area contributed by atoms with E-state index in [-0.39, 0.29) is 0 Å². The molecule has 4 heteroatoms. The molecule has 23 heavy (non-hydrogen) atoms. The first kappa shape index (κ1) is 14.3. The van der Waals surface area contributed by atoms with Crippen LogP contribution in [-0.2, 0) is 6.54 Å². The zero-order valence-electron chi connectivity index (χ0n) is 13.3. The van der Waals surface area contributed by atoms with E-state index in [1.807, 2.05) is 24.7 Å². The molecule has 116 valence electrons. The lowest BCUT2D eigenvalue weighted by atomic mass is 10.1. The molecule has 3 heterocycles. The fraction of sp³-hybridized carbons (Fsp3) is 0.316. The van der Waals surface area contributed by atoms with Gasteiger partial charge in [0.15, 0.2) is 0 Å². The lowest BCUT2D eigenvalue weighted by Gasteiger charge is -2.16. The summed E-state index contributed by atoms with van der Waals surface area (Å²) in [5, 5.41) is 1.23.